The van der Waals surface area contributed by atoms with Gasteiger partial charge in [0.05, 0.1) is 31.3 Å². The van der Waals surface area contributed by atoms with Crippen molar-refractivity contribution in [1.29, 1.82) is 0 Å². The first-order valence-electron chi connectivity index (χ1n) is 26.5. The summed E-state index contributed by atoms with van der Waals surface area (Å²) in [5.41, 5.74) is 5.62. The third-order valence-corrected chi connectivity index (χ3v) is 14.3. The predicted octanol–water partition coefficient (Wildman–Crippen LogP) is -4.85. The molecule has 4 rings (SSSR count). The van der Waals surface area contributed by atoms with E-state index in [2.05, 4.69) is 37.7 Å². The van der Waals surface area contributed by atoms with Crippen molar-refractivity contribution in [3.63, 3.8) is 0 Å². The maximum absolute atomic E-state index is 14.5. The Morgan fingerprint density at radius 2 is 1.40 bits per heavy atom. The van der Waals surface area contributed by atoms with Crippen molar-refractivity contribution in [3.8, 4) is 11.5 Å². The standard InChI is InChI=1S/C50H79N8O17S.Na.H2O/c1-3-4-5-6-7-8-9-10-11-12-13-14-15-16-40(64)52-32-20-22-41(65)55-48(70)43-44(66)29(2)26-58(43)50(72)42(37(62)25-39(51)63)56-46(68)33(19-17-30-18-21-36(61)38(23-30)75-76(73)74)53-47(69)35-24-31(60)27-57(35)49(71)34(28-59)54-45(32)67;;/h18,21,23,29,31-35,37,41-44,59-62,65-66H,3-17,19-20,22,24-28H2,1-2H3,(H2,51,63)(H,52,64)(H,53,69)(H,54,67)(H,55,70)(H,56,68);;1H2/q-1;+1;. The molecule has 3 aliphatic heterocycles. The van der Waals surface area contributed by atoms with Crippen LogP contribution >= 0.6 is 0 Å². The van der Waals surface area contributed by atoms with Gasteiger partial charge in [-0.05, 0) is 49.8 Å². The second kappa shape index (κ2) is 35.1. The summed E-state index contributed by atoms with van der Waals surface area (Å²) >= 11 is 0. The Morgan fingerprint density at radius 1 is 0.795 bits per heavy atom. The number of rotatable bonds is 24. The minimum atomic E-state index is -3.11. The number of aromatic hydroxyl groups is 1. The Kier molecular flexibility index (Phi) is 31.2. The SMILES string of the molecule is CCCCCCCCCCCCCCCC(=O)NC1CCC(O)NC(=O)C2C(O)C(C)CN2C(=O)C(C(O)CC(N)=O)NC(=O)C(CCc2ccc(O)c(O[S-](=O)=O)c2)NC(=O)C2CC(O)CN2C(=O)C(CO)NC1=O.O.[Na+]. The number of fused-ring (bicyclic) bond motifs is 2. The van der Waals surface area contributed by atoms with Crippen LogP contribution in [-0.4, -0.2) is 174 Å². The number of nitrogens with zero attached hydrogens (tertiary/aromatic N) is 2. The molecule has 3 saturated heterocycles. The number of phenols is 1. The van der Waals surface area contributed by atoms with E-state index in [0.29, 0.717) is 6.42 Å². The summed E-state index contributed by atoms with van der Waals surface area (Å²) in [5, 5.41) is 77.2. The topological polar surface area (TPSA) is 425 Å². The van der Waals surface area contributed by atoms with E-state index in [4.69, 9.17) is 5.73 Å². The number of aliphatic hydroxyl groups is 5. The number of carbonyl (C=O) groups is 8. The number of unbranched alkanes of at least 4 members (excludes halogenated alkanes) is 12. The van der Waals surface area contributed by atoms with E-state index in [0.717, 1.165) is 54.0 Å². The van der Waals surface area contributed by atoms with Crippen LogP contribution in [-0.2, 0) is 64.2 Å². The number of carbonyl (C=O) groups excluding carboxylic acids is 8. The average molecular weight is 1140 g/mol. The van der Waals surface area contributed by atoms with Gasteiger partial charge in [-0.3, -0.25) is 38.4 Å². The Hall–Kier alpha value is -4.71. The average Bonchev–Trinajstić information content (AvgIpc) is 3.91. The summed E-state index contributed by atoms with van der Waals surface area (Å²) < 4.78 is 27.2. The monoisotopic (exact) mass is 1140 g/mol. The molecule has 26 nitrogen and oxygen atoms in total. The second-order valence-corrected chi connectivity index (χ2v) is 20.7. The molecule has 0 saturated carbocycles. The normalized spacial score (nSPS) is 25.9. The summed E-state index contributed by atoms with van der Waals surface area (Å²) in [6.45, 7) is 1.81. The maximum Gasteiger partial charge on any atom is 1.00 e. The summed E-state index contributed by atoms with van der Waals surface area (Å²) in [4.78, 5) is 112. The molecule has 3 fully saturated rings. The van der Waals surface area contributed by atoms with Gasteiger partial charge in [0.1, 0.15) is 59.2 Å². The molecule has 436 valence electrons. The van der Waals surface area contributed by atoms with Crippen molar-refractivity contribution < 1.29 is 117 Å². The molecule has 11 atom stereocenters. The number of aliphatic hydroxyl groups excluding tert-OH is 5. The van der Waals surface area contributed by atoms with Crippen LogP contribution < -0.4 is 66.1 Å². The smallest absolute Gasteiger partial charge is 0.530 e. The van der Waals surface area contributed by atoms with Gasteiger partial charge in [0.15, 0.2) is 5.75 Å². The number of benzene rings is 1. The van der Waals surface area contributed by atoms with Crippen molar-refractivity contribution in [2.45, 2.75) is 203 Å². The molecule has 15 N–H and O–H groups in total. The van der Waals surface area contributed by atoms with Crippen molar-refractivity contribution in [2.24, 2.45) is 11.7 Å². The van der Waals surface area contributed by atoms with E-state index in [-0.39, 0.29) is 66.4 Å². The number of aryl methyl sites for hydroxylation is 1. The molecule has 11 unspecified atom stereocenters. The molecule has 0 aromatic heterocycles. The van der Waals surface area contributed by atoms with Crippen LogP contribution in [0.2, 0.25) is 0 Å². The molecule has 0 aliphatic carbocycles. The molecule has 78 heavy (non-hydrogen) atoms. The number of hydrogen-bond donors (Lipinski definition) is 12. The van der Waals surface area contributed by atoms with Crippen molar-refractivity contribution >= 4 is 58.2 Å². The fourth-order valence-electron chi connectivity index (χ4n) is 9.78. The second-order valence-electron chi connectivity index (χ2n) is 20.2. The van der Waals surface area contributed by atoms with Crippen LogP contribution in [0.3, 0.4) is 0 Å². The van der Waals surface area contributed by atoms with Crippen LogP contribution in [0.15, 0.2) is 18.2 Å². The molecule has 3 heterocycles. The fourth-order valence-corrected chi connectivity index (χ4v) is 10.1. The van der Waals surface area contributed by atoms with Crippen LogP contribution in [0.4, 0.5) is 0 Å². The Balaban J connectivity index is 0.0000104. The van der Waals surface area contributed by atoms with E-state index in [9.17, 15) is 77.4 Å². The first kappa shape index (κ1) is 69.4. The molecular formula is C50H81N8NaO18S. The molecule has 28 heteroatoms. The van der Waals surface area contributed by atoms with Crippen molar-refractivity contribution in [2.75, 3.05) is 19.7 Å². The summed E-state index contributed by atoms with van der Waals surface area (Å²) in [6, 6.07) is -6.84. The predicted molar refractivity (Wildman–Crippen MR) is 275 cm³/mol. The quantitative estimate of drug-likeness (QED) is 0.0262. The van der Waals surface area contributed by atoms with E-state index >= 15 is 0 Å². The first-order valence-corrected chi connectivity index (χ1v) is 27.5. The van der Waals surface area contributed by atoms with Gasteiger partial charge in [-0.2, -0.15) is 0 Å². The summed E-state index contributed by atoms with van der Waals surface area (Å²) in [5.74, 6) is -10.1. The maximum atomic E-state index is 14.5. The minimum absolute atomic E-state index is 0. The van der Waals surface area contributed by atoms with E-state index < -0.39 is 175 Å². The van der Waals surface area contributed by atoms with Gasteiger partial charge in [0.25, 0.3) is 0 Å². The molecular weight excluding hydrogens is 1060 g/mol. The van der Waals surface area contributed by atoms with Crippen molar-refractivity contribution in [3.05, 3.63) is 23.8 Å². The van der Waals surface area contributed by atoms with Gasteiger partial charge in [-0.1, -0.05) is 97.0 Å². The van der Waals surface area contributed by atoms with Crippen LogP contribution in [0.1, 0.15) is 141 Å². The fraction of sp³-hybridized carbons (Fsp3) is 0.720. The Morgan fingerprint density at radius 3 is 1.99 bits per heavy atom. The molecule has 0 bridgehead atoms. The van der Waals surface area contributed by atoms with Gasteiger partial charge in [-0.15, -0.1) is 0 Å². The summed E-state index contributed by atoms with van der Waals surface area (Å²) in [7, 11) is -3.11. The van der Waals surface area contributed by atoms with E-state index in [1.54, 1.807) is 0 Å². The van der Waals surface area contributed by atoms with Gasteiger partial charge in [0.2, 0.25) is 47.3 Å². The zero-order chi connectivity index (χ0) is 56.1. The zero-order valence-corrected chi connectivity index (χ0v) is 47.7. The third-order valence-electron chi connectivity index (χ3n) is 14.0. The number of hydrogen-bond acceptors (Lipinski definition) is 18. The molecule has 1 aromatic carbocycles. The largest absolute Gasteiger partial charge is 1.00 e. The number of amides is 8. The minimum Gasteiger partial charge on any atom is -0.530 e. The van der Waals surface area contributed by atoms with Crippen LogP contribution in [0.25, 0.3) is 0 Å². The molecule has 0 radical (unpaired) electrons. The zero-order valence-electron chi connectivity index (χ0n) is 44.9. The first-order chi connectivity index (χ1) is 36.1. The van der Waals surface area contributed by atoms with Crippen LogP contribution in [0.5, 0.6) is 11.5 Å². The van der Waals surface area contributed by atoms with E-state index in [1.165, 1.54) is 57.9 Å². The van der Waals surface area contributed by atoms with Crippen LogP contribution in [0, 0.1) is 5.92 Å². The van der Waals surface area contributed by atoms with Gasteiger partial charge < -0.3 is 90.8 Å². The Labute approximate surface area is 478 Å². The molecule has 1 aromatic rings. The van der Waals surface area contributed by atoms with Gasteiger partial charge in [0, 0.05) is 31.8 Å². The molecule has 0 spiro atoms. The molecule has 3 aliphatic rings. The number of primary amides is 1. The number of phenolic OH excluding ortho intramolecular Hbond substituents is 1. The van der Waals surface area contributed by atoms with Crippen molar-refractivity contribution in [1.82, 2.24) is 36.4 Å². The Bertz CT molecular complexity index is 2220. The summed E-state index contributed by atoms with van der Waals surface area (Å²) in [6.07, 6.45) is 4.53. The number of nitrogens with one attached hydrogen (secondary N) is 5. The van der Waals surface area contributed by atoms with Gasteiger partial charge in [-0.25, -0.2) is 0 Å². The number of nitrogens with two attached hydrogens (primary N) is 1. The third kappa shape index (κ3) is 21.7. The van der Waals surface area contributed by atoms with E-state index in [1.807, 2.05) is 0 Å². The van der Waals surface area contributed by atoms with Gasteiger partial charge >= 0.3 is 29.6 Å². The molecule has 8 amide bonds.